The van der Waals surface area contributed by atoms with E-state index in [1.807, 2.05) is 62.4 Å². The van der Waals surface area contributed by atoms with E-state index >= 15 is 0 Å². The van der Waals surface area contributed by atoms with Gasteiger partial charge in [-0.15, -0.1) is 0 Å². The van der Waals surface area contributed by atoms with Crippen molar-refractivity contribution in [2.24, 2.45) is 0 Å². The summed E-state index contributed by atoms with van der Waals surface area (Å²) in [5, 5.41) is 2.95. The van der Waals surface area contributed by atoms with Crippen LogP contribution in [0.5, 0.6) is 0 Å². The molecule has 2 heterocycles. The molecule has 2 fully saturated rings. The van der Waals surface area contributed by atoms with Crippen LogP contribution in [0, 0.1) is 0 Å². The van der Waals surface area contributed by atoms with Crippen molar-refractivity contribution in [3.63, 3.8) is 0 Å². The van der Waals surface area contributed by atoms with Crippen molar-refractivity contribution in [3.05, 3.63) is 71.8 Å². The van der Waals surface area contributed by atoms with Gasteiger partial charge in [-0.25, -0.2) is 0 Å². The Hall–Kier alpha value is -2.70. The van der Waals surface area contributed by atoms with Crippen molar-refractivity contribution in [1.82, 2.24) is 10.2 Å². The summed E-state index contributed by atoms with van der Waals surface area (Å²) in [5.74, 6) is -1.20. The van der Waals surface area contributed by atoms with E-state index in [-0.39, 0.29) is 17.9 Å². The van der Waals surface area contributed by atoms with E-state index < -0.39 is 17.9 Å². The lowest BCUT2D eigenvalue weighted by Gasteiger charge is -2.29. The summed E-state index contributed by atoms with van der Waals surface area (Å²) in [4.78, 5) is 27.7. The van der Waals surface area contributed by atoms with E-state index in [2.05, 4.69) is 5.32 Å². The van der Waals surface area contributed by atoms with E-state index in [1.54, 1.807) is 17.0 Å². The molecule has 6 nitrogen and oxygen atoms in total. The number of rotatable bonds is 4. The minimum atomic E-state index is -0.769. The molecule has 2 aliphatic rings. The van der Waals surface area contributed by atoms with Gasteiger partial charge in [-0.3, -0.25) is 9.59 Å². The van der Waals surface area contributed by atoms with Gasteiger partial charge >= 0.3 is 0 Å². The van der Waals surface area contributed by atoms with Gasteiger partial charge < -0.3 is 19.7 Å². The number of hydrogen-bond acceptors (Lipinski definition) is 4. The first-order valence-electron chi connectivity index (χ1n) is 9.48. The van der Waals surface area contributed by atoms with Crippen LogP contribution in [-0.2, 0) is 20.8 Å². The molecule has 2 aliphatic heterocycles. The third kappa shape index (κ3) is 3.66. The molecule has 0 aromatic heterocycles. The lowest BCUT2D eigenvalue weighted by atomic mass is 10.1. The van der Waals surface area contributed by atoms with Crippen LogP contribution in [0.3, 0.4) is 0 Å². The maximum Gasteiger partial charge on any atom is 0.254 e. The van der Waals surface area contributed by atoms with E-state index in [9.17, 15) is 9.59 Å². The third-order valence-corrected chi connectivity index (χ3v) is 5.10. The molecule has 1 N–H and O–H groups in total. The van der Waals surface area contributed by atoms with Crippen LogP contribution in [-0.4, -0.2) is 47.3 Å². The summed E-state index contributed by atoms with van der Waals surface area (Å²) in [6, 6.07) is 17.9. The topological polar surface area (TPSA) is 67.9 Å². The minimum absolute atomic E-state index is 0.195. The molecule has 0 radical (unpaired) electrons. The average Bonchev–Trinajstić information content (AvgIpc) is 3.18. The highest BCUT2D eigenvalue weighted by molar-refractivity contribution is 5.98. The number of nitrogens with one attached hydrogen (secondary N) is 1. The number of fused-ring (bicyclic) bond motifs is 1. The van der Waals surface area contributed by atoms with Gasteiger partial charge in [0.1, 0.15) is 18.2 Å². The first-order valence-corrected chi connectivity index (χ1v) is 9.48. The SMILES string of the molecule is CC1(C)O[C@H]2[C@H](CN(C(=O)c3ccccc3)[C@@H]2C(=O)NCc2ccccc2)O1. The summed E-state index contributed by atoms with van der Waals surface area (Å²) >= 11 is 0. The molecule has 0 aliphatic carbocycles. The predicted octanol–water partition coefficient (Wildman–Crippen LogP) is 2.35. The zero-order chi connectivity index (χ0) is 19.7. The van der Waals surface area contributed by atoms with Crippen molar-refractivity contribution in [2.45, 2.75) is 44.4 Å². The molecule has 4 rings (SSSR count). The lowest BCUT2D eigenvalue weighted by molar-refractivity contribution is -0.162. The second kappa shape index (κ2) is 7.37. The van der Waals surface area contributed by atoms with Crippen molar-refractivity contribution < 1.29 is 19.1 Å². The van der Waals surface area contributed by atoms with Crippen LogP contribution in [0.1, 0.15) is 29.8 Å². The molecule has 2 aromatic rings. The summed E-state index contributed by atoms with van der Waals surface area (Å²) < 4.78 is 11.9. The highest BCUT2D eigenvalue weighted by Gasteiger charge is 2.56. The standard InChI is InChI=1S/C22H24N2O4/c1-22(2)27-17-14-24(21(26)16-11-7-4-8-12-16)18(19(17)28-22)20(25)23-13-15-9-5-3-6-10-15/h3-12,17-19H,13-14H2,1-2H3,(H,23,25)/t17-,18-,19-/m0/s1. The molecule has 6 heteroatoms. The molecule has 0 unspecified atom stereocenters. The van der Waals surface area contributed by atoms with Crippen LogP contribution in [0.25, 0.3) is 0 Å². The van der Waals surface area contributed by atoms with Crippen molar-refractivity contribution in [3.8, 4) is 0 Å². The monoisotopic (exact) mass is 380 g/mol. The largest absolute Gasteiger partial charge is 0.350 e. The van der Waals surface area contributed by atoms with Gasteiger partial charge in [-0.05, 0) is 31.5 Å². The number of likely N-dealkylation sites (tertiary alicyclic amines) is 1. The maximum absolute atomic E-state index is 13.1. The Bertz CT molecular complexity index is 853. The minimum Gasteiger partial charge on any atom is -0.350 e. The van der Waals surface area contributed by atoms with E-state index in [4.69, 9.17) is 9.47 Å². The Morgan fingerprint density at radius 2 is 1.68 bits per heavy atom. The number of carbonyl (C=O) groups is 2. The predicted molar refractivity (Wildman–Crippen MR) is 103 cm³/mol. The highest BCUT2D eigenvalue weighted by Crippen LogP contribution is 2.37. The smallest absolute Gasteiger partial charge is 0.254 e. The number of amides is 2. The Morgan fingerprint density at radius 1 is 1.04 bits per heavy atom. The molecule has 146 valence electrons. The Kier molecular flexibility index (Phi) is 4.91. The van der Waals surface area contributed by atoms with Gasteiger partial charge in [0.05, 0.1) is 6.54 Å². The van der Waals surface area contributed by atoms with Gasteiger partial charge in [0.2, 0.25) is 5.91 Å². The normalized spacial score (nSPS) is 25.4. The number of carbonyl (C=O) groups excluding carboxylic acids is 2. The van der Waals surface area contributed by atoms with E-state index in [0.29, 0.717) is 18.7 Å². The fourth-order valence-electron chi connectivity index (χ4n) is 3.89. The van der Waals surface area contributed by atoms with Crippen LogP contribution in [0.15, 0.2) is 60.7 Å². The van der Waals surface area contributed by atoms with Crippen LogP contribution in [0.2, 0.25) is 0 Å². The molecule has 2 saturated heterocycles. The molecule has 28 heavy (non-hydrogen) atoms. The van der Waals surface area contributed by atoms with Gasteiger partial charge in [-0.2, -0.15) is 0 Å². The Labute approximate surface area is 164 Å². The Morgan fingerprint density at radius 3 is 2.36 bits per heavy atom. The second-order valence-corrected chi connectivity index (χ2v) is 7.61. The molecular weight excluding hydrogens is 356 g/mol. The third-order valence-electron chi connectivity index (χ3n) is 5.10. The maximum atomic E-state index is 13.1. The quantitative estimate of drug-likeness (QED) is 0.884. The molecule has 0 saturated carbocycles. The van der Waals surface area contributed by atoms with Crippen LogP contribution < -0.4 is 5.32 Å². The van der Waals surface area contributed by atoms with Crippen molar-refractivity contribution in [2.75, 3.05) is 6.54 Å². The molecule has 0 spiro atoms. The average molecular weight is 380 g/mol. The number of ether oxygens (including phenoxy) is 2. The summed E-state index contributed by atoms with van der Waals surface area (Å²) in [5.41, 5.74) is 1.54. The number of hydrogen-bond donors (Lipinski definition) is 1. The second-order valence-electron chi connectivity index (χ2n) is 7.61. The van der Waals surface area contributed by atoms with Crippen molar-refractivity contribution >= 4 is 11.8 Å². The molecule has 3 atom stereocenters. The molecular formula is C22H24N2O4. The fraction of sp³-hybridized carbons (Fsp3) is 0.364. The zero-order valence-corrected chi connectivity index (χ0v) is 16.0. The summed E-state index contributed by atoms with van der Waals surface area (Å²) in [6.45, 7) is 4.37. The number of nitrogens with zero attached hydrogens (tertiary/aromatic N) is 1. The zero-order valence-electron chi connectivity index (χ0n) is 16.0. The van der Waals surface area contributed by atoms with Crippen molar-refractivity contribution in [1.29, 1.82) is 0 Å². The van der Waals surface area contributed by atoms with Crippen LogP contribution in [0.4, 0.5) is 0 Å². The molecule has 2 amide bonds. The summed E-state index contributed by atoms with van der Waals surface area (Å²) in [6.07, 6.45) is -0.812. The van der Waals surface area contributed by atoms with E-state index in [0.717, 1.165) is 5.56 Å². The van der Waals surface area contributed by atoms with Crippen LogP contribution >= 0.6 is 0 Å². The first-order chi connectivity index (χ1) is 13.4. The Balaban J connectivity index is 1.55. The number of benzene rings is 2. The van der Waals surface area contributed by atoms with Gasteiger partial charge in [0, 0.05) is 12.1 Å². The van der Waals surface area contributed by atoms with E-state index in [1.165, 1.54) is 0 Å². The first kappa shape index (κ1) is 18.7. The summed E-state index contributed by atoms with van der Waals surface area (Å²) in [7, 11) is 0. The van der Waals surface area contributed by atoms with Gasteiger partial charge in [-0.1, -0.05) is 48.5 Å². The highest BCUT2D eigenvalue weighted by atomic mass is 16.8. The fourth-order valence-corrected chi connectivity index (χ4v) is 3.89. The van der Waals surface area contributed by atoms with Gasteiger partial charge in [0.25, 0.3) is 5.91 Å². The van der Waals surface area contributed by atoms with Gasteiger partial charge in [0.15, 0.2) is 5.79 Å². The lowest BCUT2D eigenvalue weighted by Crippen LogP contribution is -2.51. The molecule has 2 aromatic carbocycles. The molecule has 0 bridgehead atoms.